The lowest BCUT2D eigenvalue weighted by atomic mass is 10.2. The zero-order chi connectivity index (χ0) is 11.4. The van der Waals surface area contributed by atoms with E-state index < -0.39 is 0 Å². The third-order valence-corrected chi connectivity index (χ3v) is 2.63. The Hall–Kier alpha value is -1.77. The Labute approximate surface area is 95.3 Å². The molecule has 0 aromatic heterocycles. The van der Waals surface area contributed by atoms with Crippen molar-refractivity contribution in [2.45, 2.75) is 18.9 Å². The van der Waals surface area contributed by atoms with Gasteiger partial charge in [-0.1, -0.05) is 24.3 Å². The van der Waals surface area contributed by atoms with Crippen LogP contribution >= 0.6 is 0 Å². The lowest BCUT2D eigenvalue weighted by Crippen LogP contribution is -2.24. The number of rotatable bonds is 4. The summed E-state index contributed by atoms with van der Waals surface area (Å²) in [6.07, 6.45) is 3.31. The van der Waals surface area contributed by atoms with Gasteiger partial charge >= 0.3 is 6.09 Å². The van der Waals surface area contributed by atoms with E-state index in [-0.39, 0.29) is 12.2 Å². The van der Waals surface area contributed by atoms with Gasteiger partial charge in [-0.2, -0.15) is 0 Å². The quantitative estimate of drug-likeness (QED) is 0.725. The molecule has 1 atom stereocenters. The van der Waals surface area contributed by atoms with Crippen molar-refractivity contribution in [2.24, 2.45) is 0 Å². The van der Waals surface area contributed by atoms with E-state index in [0.717, 1.165) is 18.5 Å². The van der Waals surface area contributed by atoms with Gasteiger partial charge in [0, 0.05) is 5.69 Å². The highest BCUT2D eigenvalue weighted by Crippen LogP contribution is 2.22. The van der Waals surface area contributed by atoms with Gasteiger partial charge in [-0.05, 0) is 25.0 Å². The van der Waals surface area contributed by atoms with Gasteiger partial charge in [0.1, 0.15) is 6.10 Å². The van der Waals surface area contributed by atoms with Crippen molar-refractivity contribution in [2.75, 3.05) is 11.4 Å². The van der Waals surface area contributed by atoms with Gasteiger partial charge in [0.05, 0.1) is 6.54 Å². The van der Waals surface area contributed by atoms with E-state index in [2.05, 4.69) is 6.58 Å². The van der Waals surface area contributed by atoms with Crippen molar-refractivity contribution < 1.29 is 9.53 Å². The number of hydrogen-bond donors (Lipinski definition) is 0. The number of cyclic esters (lactones) is 1. The molecule has 1 aliphatic rings. The zero-order valence-corrected chi connectivity index (χ0v) is 9.13. The molecule has 1 amide bonds. The number of hydrogen-bond acceptors (Lipinski definition) is 2. The highest BCUT2D eigenvalue weighted by molar-refractivity contribution is 5.89. The molecule has 84 valence electrons. The maximum atomic E-state index is 11.6. The van der Waals surface area contributed by atoms with Crippen LogP contribution in [0.15, 0.2) is 43.0 Å². The second-order valence-electron chi connectivity index (χ2n) is 3.82. The van der Waals surface area contributed by atoms with E-state index in [4.69, 9.17) is 4.74 Å². The maximum absolute atomic E-state index is 11.6. The van der Waals surface area contributed by atoms with E-state index in [1.807, 2.05) is 36.4 Å². The van der Waals surface area contributed by atoms with Crippen molar-refractivity contribution >= 4 is 11.8 Å². The molecule has 0 unspecified atom stereocenters. The normalized spacial score (nSPS) is 19.6. The Morgan fingerprint density at radius 1 is 1.44 bits per heavy atom. The first-order chi connectivity index (χ1) is 7.81. The Bertz CT molecular complexity index is 375. The lowest BCUT2D eigenvalue weighted by molar-refractivity contribution is 0.137. The molecule has 1 aromatic rings. The number of carbonyl (C=O) groups excluding carboxylic acids is 1. The number of para-hydroxylation sites is 1. The number of nitrogens with zero attached hydrogens (tertiary/aromatic N) is 1. The summed E-state index contributed by atoms with van der Waals surface area (Å²) in [4.78, 5) is 13.3. The summed E-state index contributed by atoms with van der Waals surface area (Å²) < 4.78 is 5.27. The fourth-order valence-electron chi connectivity index (χ4n) is 1.79. The van der Waals surface area contributed by atoms with E-state index in [1.165, 1.54) is 0 Å². The van der Waals surface area contributed by atoms with E-state index in [9.17, 15) is 4.79 Å². The predicted octanol–water partition coefficient (Wildman–Crippen LogP) is 2.98. The van der Waals surface area contributed by atoms with Gasteiger partial charge in [-0.3, -0.25) is 4.90 Å². The zero-order valence-electron chi connectivity index (χ0n) is 9.13. The molecule has 2 rings (SSSR count). The first-order valence-corrected chi connectivity index (χ1v) is 5.45. The van der Waals surface area contributed by atoms with Crippen molar-refractivity contribution in [3.63, 3.8) is 0 Å². The molecule has 1 aromatic carbocycles. The Morgan fingerprint density at radius 3 is 2.88 bits per heavy atom. The van der Waals surface area contributed by atoms with Gasteiger partial charge < -0.3 is 4.74 Å². The average Bonchev–Trinajstić information content (AvgIpc) is 2.69. The molecular weight excluding hydrogens is 202 g/mol. The molecular formula is C13H15NO2. The number of ether oxygens (including phenoxy) is 1. The van der Waals surface area contributed by atoms with E-state index >= 15 is 0 Å². The first kappa shape index (κ1) is 10.7. The fourth-order valence-corrected chi connectivity index (χ4v) is 1.79. The number of carbonyl (C=O) groups is 1. The van der Waals surface area contributed by atoms with Crippen molar-refractivity contribution in [1.82, 2.24) is 0 Å². The van der Waals surface area contributed by atoms with Gasteiger partial charge in [0.2, 0.25) is 0 Å². The minimum atomic E-state index is -0.250. The van der Waals surface area contributed by atoms with Crippen LogP contribution in [0.2, 0.25) is 0 Å². The Morgan fingerprint density at radius 2 is 2.19 bits per heavy atom. The fraction of sp³-hybridized carbons (Fsp3) is 0.308. The summed E-state index contributed by atoms with van der Waals surface area (Å²) in [6, 6.07) is 9.59. The minimum absolute atomic E-state index is 0.00861. The molecule has 3 heteroatoms. The molecule has 1 aliphatic heterocycles. The molecule has 0 aliphatic carbocycles. The lowest BCUT2D eigenvalue weighted by Gasteiger charge is -2.12. The van der Waals surface area contributed by atoms with Crippen LogP contribution in [0.1, 0.15) is 12.8 Å². The van der Waals surface area contributed by atoms with Crippen LogP contribution < -0.4 is 4.90 Å². The average molecular weight is 217 g/mol. The summed E-state index contributed by atoms with van der Waals surface area (Å²) in [5.74, 6) is 0. The number of amides is 1. The highest BCUT2D eigenvalue weighted by atomic mass is 16.6. The highest BCUT2D eigenvalue weighted by Gasteiger charge is 2.31. The topological polar surface area (TPSA) is 29.5 Å². The molecule has 16 heavy (non-hydrogen) atoms. The predicted molar refractivity (Wildman–Crippen MR) is 63.5 cm³/mol. The van der Waals surface area contributed by atoms with Crippen LogP contribution in [-0.2, 0) is 4.74 Å². The molecule has 0 N–H and O–H groups in total. The molecule has 1 heterocycles. The van der Waals surface area contributed by atoms with Crippen molar-refractivity contribution in [1.29, 1.82) is 0 Å². The third kappa shape index (κ3) is 2.24. The minimum Gasteiger partial charge on any atom is -0.444 e. The number of allylic oxidation sites excluding steroid dienone is 1. The molecule has 0 saturated carbocycles. The molecule has 3 nitrogen and oxygen atoms in total. The van der Waals surface area contributed by atoms with Gasteiger partial charge in [-0.15, -0.1) is 6.58 Å². The van der Waals surface area contributed by atoms with Crippen LogP contribution in [-0.4, -0.2) is 18.7 Å². The largest absolute Gasteiger partial charge is 0.444 e. The van der Waals surface area contributed by atoms with Crippen molar-refractivity contribution in [3.8, 4) is 0 Å². The smallest absolute Gasteiger partial charge is 0.414 e. The molecule has 1 fully saturated rings. The standard InChI is InChI=1S/C13H15NO2/c1-2-3-9-12-10-14(13(15)16-12)11-7-5-4-6-8-11/h2,4-8,12H,1,3,9-10H2/t12-/m0/s1. The molecule has 0 bridgehead atoms. The van der Waals surface area contributed by atoms with Gasteiger partial charge in [0.15, 0.2) is 0 Å². The van der Waals surface area contributed by atoms with Gasteiger partial charge in [0.25, 0.3) is 0 Å². The Balaban J connectivity index is 2.02. The Kier molecular flexibility index (Phi) is 3.25. The third-order valence-electron chi connectivity index (χ3n) is 2.63. The SMILES string of the molecule is C=CCC[C@H]1CN(c2ccccc2)C(=O)O1. The molecule has 0 radical (unpaired) electrons. The van der Waals surface area contributed by atoms with E-state index in [1.54, 1.807) is 4.90 Å². The second-order valence-corrected chi connectivity index (χ2v) is 3.82. The van der Waals surface area contributed by atoms with Crippen LogP contribution in [0.3, 0.4) is 0 Å². The number of benzene rings is 1. The second kappa shape index (κ2) is 4.84. The summed E-state index contributed by atoms with van der Waals surface area (Å²) >= 11 is 0. The van der Waals surface area contributed by atoms with Crippen LogP contribution in [0, 0.1) is 0 Å². The maximum Gasteiger partial charge on any atom is 0.414 e. The molecule has 0 spiro atoms. The van der Waals surface area contributed by atoms with Crippen LogP contribution in [0.4, 0.5) is 10.5 Å². The first-order valence-electron chi connectivity index (χ1n) is 5.45. The van der Waals surface area contributed by atoms with Crippen LogP contribution in [0.5, 0.6) is 0 Å². The number of anilines is 1. The van der Waals surface area contributed by atoms with E-state index in [0.29, 0.717) is 6.54 Å². The monoisotopic (exact) mass is 217 g/mol. The summed E-state index contributed by atoms with van der Waals surface area (Å²) in [5, 5.41) is 0. The molecule has 1 saturated heterocycles. The van der Waals surface area contributed by atoms with Crippen molar-refractivity contribution in [3.05, 3.63) is 43.0 Å². The summed E-state index contributed by atoms with van der Waals surface area (Å²) in [5.41, 5.74) is 0.897. The summed E-state index contributed by atoms with van der Waals surface area (Å²) in [7, 11) is 0. The van der Waals surface area contributed by atoms with Crippen LogP contribution in [0.25, 0.3) is 0 Å². The van der Waals surface area contributed by atoms with Gasteiger partial charge in [-0.25, -0.2) is 4.79 Å². The summed E-state index contributed by atoms with van der Waals surface area (Å²) in [6.45, 7) is 4.30.